The number of aryl methyl sites for hydroxylation is 2. The van der Waals surface area contributed by atoms with E-state index in [-0.39, 0.29) is 0 Å². The third kappa shape index (κ3) is 2.56. The Kier molecular flexibility index (Phi) is 3.71. The Hall–Kier alpha value is -1.76. The van der Waals surface area contributed by atoms with Crippen molar-refractivity contribution >= 4 is 5.69 Å². The molecule has 0 saturated heterocycles. The van der Waals surface area contributed by atoms with Gasteiger partial charge in [-0.05, 0) is 56.0 Å². The molecule has 18 heavy (non-hydrogen) atoms. The Labute approximate surface area is 110 Å². The summed E-state index contributed by atoms with van der Waals surface area (Å²) in [5.41, 5.74) is 6.59. The lowest BCUT2D eigenvalue weighted by Gasteiger charge is -2.20. The first-order valence-electron chi connectivity index (χ1n) is 6.48. The van der Waals surface area contributed by atoms with Crippen LogP contribution in [0.5, 0.6) is 0 Å². The van der Waals surface area contributed by atoms with E-state index in [9.17, 15) is 0 Å². The van der Waals surface area contributed by atoms with Crippen LogP contribution in [0.25, 0.3) is 0 Å². The summed E-state index contributed by atoms with van der Waals surface area (Å²) in [6.07, 6.45) is 0. The van der Waals surface area contributed by atoms with Crippen LogP contribution in [0.1, 0.15) is 35.2 Å². The smallest absolute Gasteiger partial charge is 0.0488 e. The fourth-order valence-corrected chi connectivity index (χ4v) is 2.29. The van der Waals surface area contributed by atoms with Crippen molar-refractivity contribution in [3.63, 3.8) is 0 Å². The summed E-state index contributed by atoms with van der Waals surface area (Å²) < 4.78 is 0. The predicted octanol–water partition coefficient (Wildman–Crippen LogP) is 4.78. The zero-order valence-electron chi connectivity index (χ0n) is 11.6. The first-order chi connectivity index (χ1) is 8.59. The van der Waals surface area contributed by atoms with Gasteiger partial charge in [0.05, 0.1) is 0 Å². The van der Waals surface area contributed by atoms with Crippen molar-refractivity contribution in [1.82, 2.24) is 0 Å². The standard InChI is InChI=1S/C17H21N/c1-12-9-7-11-17(14(12)3)18-15(4)16-10-6-5-8-13(16)2/h5-11,15,18H,1-4H3. The lowest BCUT2D eigenvalue weighted by atomic mass is 10.0. The predicted molar refractivity (Wildman–Crippen MR) is 79.1 cm³/mol. The van der Waals surface area contributed by atoms with Crippen molar-refractivity contribution in [1.29, 1.82) is 0 Å². The lowest BCUT2D eigenvalue weighted by molar-refractivity contribution is 0.871. The maximum absolute atomic E-state index is 3.61. The highest BCUT2D eigenvalue weighted by Crippen LogP contribution is 2.25. The Balaban J connectivity index is 2.24. The molecule has 0 aliphatic heterocycles. The van der Waals surface area contributed by atoms with Crippen LogP contribution in [0.4, 0.5) is 5.69 Å². The molecule has 2 rings (SSSR count). The maximum Gasteiger partial charge on any atom is 0.0488 e. The monoisotopic (exact) mass is 239 g/mol. The number of nitrogens with one attached hydrogen (secondary N) is 1. The number of hydrogen-bond donors (Lipinski definition) is 1. The quantitative estimate of drug-likeness (QED) is 0.812. The molecule has 0 bridgehead atoms. The highest BCUT2D eigenvalue weighted by molar-refractivity contribution is 5.55. The van der Waals surface area contributed by atoms with Crippen LogP contribution in [0.2, 0.25) is 0 Å². The summed E-state index contributed by atoms with van der Waals surface area (Å²) >= 11 is 0. The number of rotatable bonds is 3. The molecule has 1 N–H and O–H groups in total. The van der Waals surface area contributed by atoms with Gasteiger partial charge in [0, 0.05) is 11.7 Å². The van der Waals surface area contributed by atoms with Crippen molar-refractivity contribution < 1.29 is 0 Å². The van der Waals surface area contributed by atoms with E-state index in [2.05, 4.69) is 75.5 Å². The lowest BCUT2D eigenvalue weighted by Crippen LogP contribution is -2.09. The summed E-state index contributed by atoms with van der Waals surface area (Å²) in [4.78, 5) is 0. The fraction of sp³-hybridized carbons (Fsp3) is 0.294. The van der Waals surface area contributed by atoms with E-state index in [0.717, 1.165) is 0 Å². The Morgan fingerprint density at radius 1 is 0.833 bits per heavy atom. The molecule has 1 unspecified atom stereocenters. The van der Waals surface area contributed by atoms with Crippen molar-refractivity contribution in [3.05, 3.63) is 64.7 Å². The minimum absolute atomic E-state index is 0.326. The highest BCUT2D eigenvalue weighted by atomic mass is 14.9. The van der Waals surface area contributed by atoms with Gasteiger partial charge in [-0.15, -0.1) is 0 Å². The fourth-order valence-electron chi connectivity index (χ4n) is 2.29. The molecule has 0 heterocycles. The molecule has 0 aromatic heterocycles. The van der Waals surface area contributed by atoms with Gasteiger partial charge in [0.25, 0.3) is 0 Å². The van der Waals surface area contributed by atoms with E-state index in [4.69, 9.17) is 0 Å². The normalized spacial score (nSPS) is 12.2. The zero-order valence-corrected chi connectivity index (χ0v) is 11.6. The van der Waals surface area contributed by atoms with Crippen LogP contribution in [0.15, 0.2) is 42.5 Å². The molecule has 94 valence electrons. The number of benzene rings is 2. The molecule has 1 heteroatoms. The van der Waals surface area contributed by atoms with E-state index >= 15 is 0 Å². The van der Waals surface area contributed by atoms with Gasteiger partial charge in [0.15, 0.2) is 0 Å². The topological polar surface area (TPSA) is 12.0 Å². The summed E-state index contributed by atoms with van der Waals surface area (Å²) in [6, 6.07) is 15.3. The third-order valence-corrected chi connectivity index (χ3v) is 3.63. The summed E-state index contributed by atoms with van der Waals surface area (Å²) in [5, 5.41) is 3.61. The molecule has 0 aliphatic rings. The van der Waals surface area contributed by atoms with Crippen molar-refractivity contribution in [2.75, 3.05) is 5.32 Å². The molecule has 0 aliphatic carbocycles. The molecule has 2 aromatic rings. The second-order valence-electron chi connectivity index (χ2n) is 4.97. The van der Waals surface area contributed by atoms with Gasteiger partial charge in [-0.25, -0.2) is 0 Å². The van der Waals surface area contributed by atoms with E-state index in [0.29, 0.717) is 6.04 Å². The van der Waals surface area contributed by atoms with Gasteiger partial charge in [0.1, 0.15) is 0 Å². The van der Waals surface area contributed by atoms with Crippen molar-refractivity contribution in [2.24, 2.45) is 0 Å². The van der Waals surface area contributed by atoms with Gasteiger partial charge in [-0.3, -0.25) is 0 Å². The van der Waals surface area contributed by atoms with E-state index in [1.165, 1.54) is 27.9 Å². The minimum Gasteiger partial charge on any atom is -0.378 e. The van der Waals surface area contributed by atoms with E-state index in [1.54, 1.807) is 0 Å². The minimum atomic E-state index is 0.326. The van der Waals surface area contributed by atoms with Crippen LogP contribution in [0, 0.1) is 20.8 Å². The van der Waals surface area contributed by atoms with E-state index < -0.39 is 0 Å². The summed E-state index contributed by atoms with van der Waals surface area (Å²) in [5.74, 6) is 0. The molecule has 0 spiro atoms. The Morgan fingerprint density at radius 3 is 2.22 bits per heavy atom. The van der Waals surface area contributed by atoms with Gasteiger partial charge >= 0.3 is 0 Å². The van der Waals surface area contributed by atoms with Crippen molar-refractivity contribution in [3.8, 4) is 0 Å². The average molecular weight is 239 g/mol. The molecule has 1 atom stereocenters. The van der Waals surface area contributed by atoms with Gasteiger partial charge in [-0.1, -0.05) is 36.4 Å². The molecule has 0 saturated carbocycles. The van der Waals surface area contributed by atoms with E-state index in [1.807, 2.05) is 0 Å². The SMILES string of the molecule is Cc1ccccc1C(C)Nc1cccc(C)c1C. The Bertz CT molecular complexity index is 543. The molecular weight excluding hydrogens is 218 g/mol. The zero-order chi connectivity index (χ0) is 13.1. The van der Waals surface area contributed by atoms with Crippen LogP contribution in [0.3, 0.4) is 0 Å². The largest absolute Gasteiger partial charge is 0.378 e. The van der Waals surface area contributed by atoms with Gasteiger partial charge in [-0.2, -0.15) is 0 Å². The second-order valence-corrected chi connectivity index (χ2v) is 4.97. The Morgan fingerprint density at radius 2 is 1.50 bits per heavy atom. The molecule has 0 amide bonds. The second kappa shape index (κ2) is 5.26. The average Bonchev–Trinajstić information content (AvgIpc) is 2.35. The first kappa shape index (κ1) is 12.7. The van der Waals surface area contributed by atoms with Crippen LogP contribution >= 0.6 is 0 Å². The third-order valence-electron chi connectivity index (χ3n) is 3.63. The summed E-state index contributed by atoms with van der Waals surface area (Å²) in [6.45, 7) is 8.70. The van der Waals surface area contributed by atoms with Gasteiger partial charge < -0.3 is 5.32 Å². The molecule has 0 radical (unpaired) electrons. The molecular formula is C17H21N. The van der Waals surface area contributed by atoms with Crippen LogP contribution < -0.4 is 5.32 Å². The number of hydrogen-bond acceptors (Lipinski definition) is 1. The van der Waals surface area contributed by atoms with Gasteiger partial charge in [0.2, 0.25) is 0 Å². The highest BCUT2D eigenvalue weighted by Gasteiger charge is 2.09. The van der Waals surface area contributed by atoms with Crippen LogP contribution in [-0.2, 0) is 0 Å². The summed E-state index contributed by atoms with van der Waals surface area (Å²) in [7, 11) is 0. The molecule has 2 aromatic carbocycles. The van der Waals surface area contributed by atoms with Crippen molar-refractivity contribution in [2.45, 2.75) is 33.7 Å². The first-order valence-corrected chi connectivity index (χ1v) is 6.48. The van der Waals surface area contributed by atoms with Crippen LogP contribution in [-0.4, -0.2) is 0 Å². The number of anilines is 1. The maximum atomic E-state index is 3.61. The molecule has 0 fully saturated rings. The molecule has 1 nitrogen and oxygen atoms in total.